The Morgan fingerprint density at radius 3 is 2.68 bits per heavy atom. The number of aromatic nitrogens is 1. The van der Waals surface area contributed by atoms with E-state index in [1.165, 1.54) is 0 Å². The van der Waals surface area contributed by atoms with Crippen LogP contribution in [0.5, 0.6) is 0 Å². The van der Waals surface area contributed by atoms with E-state index in [9.17, 15) is 4.79 Å². The Balaban J connectivity index is 1.95. The largest absolute Gasteiger partial charge is 0.326 e. The molecule has 1 unspecified atom stereocenters. The third-order valence-corrected chi connectivity index (χ3v) is 3.28. The van der Waals surface area contributed by atoms with Gasteiger partial charge in [-0.1, -0.05) is 30.3 Å². The maximum absolute atomic E-state index is 11.9. The van der Waals surface area contributed by atoms with Crippen LogP contribution < -0.4 is 10.6 Å². The molecule has 1 atom stereocenters. The van der Waals surface area contributed by atoms with E-state index in [0.717, 1.165) is 16.9 Å². The average Bonchev–Trinajstić information content (AvgIpc) is 2.79. The predicted molar refractivity (Wildman–Crippen MR) is 74.6 cm³/mol. The molecule has 2 heterocycles. The molecule has 1 fully saturated rings. The van der Waals surface area contributed by atoms with E-state index in [1.54, 1.807) is 11.1 Å². The van der Waals surface area contributed by atoms with Gasteiger partial charge in [0.25, 0.3) is 0 Å². The second-order valence-corrected chi connectivity index (χ2v) is 4.73. The molecule has 0 bridgehead atoms. The van der Waals surface area contributed by atoms with Gasteiger partial charge in [-0.3, -0.25) is 9.78 Å². The third-order valence-electron chi connectivity index (χ3n) is 3.28. The maximum Gasteiger partial charge on any atom is 0.228 e. The fourth-order valence-corrected chi connectivity index (χ4v) is 2.34. The Morgan fingerprint density at radius 2 is 2.00 bits per heavy atom. The molecular weight excluding hydrogens is 238 g/mol. The van der Waals surface area contributed by atoms with Crippen molar-refractivity contribution in [3.63, 3.8) is 0 Å². The van der Waals surface area contributed by atoms with Crippen LogP contribution in [-0.4, -0.2) is 23.5 Å². The zero-order valence-corrected chi connectivity index (χ0v) is 10.5. The Morgan fingerprint density at radius 1 is 1.21 bits per heavy atom. The quantitative estimate of drug-likeness (QED) is 0.888. The highest BCUT2D eigenvalue weighted by Gasteiger charge is 2.28. The summed E-state index contributed by atoms with van der Waals surface area (Å²) in [6.45, 7) is 0.580. The Bertz CT molecular complexity index is 597. The van der Waals surface area contributed by atoms with Gasteiger partial charge in [0.05, 0.1) is 5.69 Å². The van der Waals surface area contributed by atoms with Gasteiger partial charge in [0.1, 0.15) is 0 Å². The van der Waals surface area contributed by atoms with Crippen molar-refractivity contribution in [3.05, 3.63) is 48.7 Å². The van der Waals surface area contributed by atoms with Crippen molar-refractivity contribution in [3.8, 4) is 11.3 Å². The van der Waals surface area contributed by atoms with Crippen LogP contribution in [0.15, 0.2) is 48.7 Å². The minimum Gasteiger partial charge on any atom is -0.326 e. The van der Waals surface area contributed by atoms with Gasteiger partial charge in [0, 0.05) is 36.5 Å². The summed E-state index contributed by atoms with van der Waals surface area (Å²) in [4.78, 5) is 17.9. The van der Waals surface area contributed by atoms with E-state index in [1.807, 2.05) is 42.5 Å². The maximum atomic E-state index is 11.9. The lowest BCUT2D eigenvalue weighted by molar-refractivity contribution is -0.117. The molecule has 0 spiro atoms. The fraction of sp³-hybridized carbons (Fsp3) is 0.200. The lowest BCUT2D eigenvalue weighted by Crippen LogP contribution is -2.27. The molecule has 1 saturated heterocycles. The van der Waals surface area contributed by atoms with Crippen LogP contribution >= 0.6 is 0 Å². The van der Waals surface area contributed by atoms with Crippen LogP contribution in [0.4, 0.5) is 5.69 Å². The summed E-state index contributed by atoms with van der Waals surface area (Å²) in [6.07, 6.45) is 2.15. The van der Waals surface area contributed by atoms with E-state index in [-0.39, 0.29) is 11.9 Å². The molecule has 1 amide bonds. The molecule has 1 aromatic carbocycles. The van der Waals surface area contributed by atoms with Crippen molar-refractivity contribution in [2.75, 3.05) is 11.4 Å². The predicted octanol–water partition coefficient (Wildman–Crippen LogP) is 1.81. The van der Waals surface area contributed by atoms with Gasteiger partial charge in [-0.15, -0.1) is 0 Å². The number of carbonyl (C=O) groups is 1. The Hall–Kier alpha value is -2.20. The van der Waals surface area contributed by atoms with Gasteiger partial charge in [-0.25, -0.2) is 0 Å². The molecule has 96 valence electrons. The lowest BCUT2D eigenvalue weighted by atomic mass is 10.1. The standard InChI is InChI=1S/C15H15N3O/c16-12-8-15(19)18(10-12)13-6-7-17-14(9-13)11-4-2-1-3-5-11/h1-7,9,12H,8,10,16H2. The molecule has 4 heteroatoms. The van der Waals surface area contributed by atoms with Crippen molar-refractivity contribution in [1.29, 1.82) is 0 Å². The first-order chi connectivity index (χ1) is 9.24. The second-order valence-electron chi connectivity index (χ2n) is 4.73. The number of carbonyl (C=O) groups excluding carboxylic acids is 1. The number of benzene rings is 1. The number of nitrogens with zero attached hydrogens (tertiary/aromatic N) is 2. The molecule has 4 nitrogen and oxygen atoms in total. The number of rotatable bonds is 2. The number of hydrogen-bond donors (Lipinski definition) is 1. The zero-order chi connectivity index (χ0) is 13.2. The summed E-state index contributed by atoms with van der Waals surface area (Å²) in [5.41, 5.74) is 8.60. The number of hydrogen-bond acceptors (Lipinski definition) is 3. The highest BCUT2D eigenvalue weighted by atomic mass is 16.2. The van der Waals surface area contributed by atoms with Crippen LogP contribution in [0.2, 0.25) is 0 Å². The smallest absolute Gasteiger partial charge is 0.228 e. The summed E-state index contributed by atoms with van der Waals surface area (Å²) in [6, 6.07) is 13.6. The Labute approximate surface area is 111 Å². The average molecular weight is 253 g/mol. The van der Waals surface area contributed by atoms with Crippen molar-refractivity contribution < 1.29 is 4.79 Å². The summed E-state index contributed by atoms with van der Waals surface area (Å²) < 4.78 is 0. The summed E-state index contributed by atoms with van der Waals surface area (Å²) in [5, 5.41) is 0. The van der Waals surface area contributed by atoms with Crippen LogP contribution in [-0.2, 0) is 4.79 Å². The summed E-state index contributed by atoms with van der Waals surface area (Å²) in [5.74, 6) is 0.0812. The monoisotopic (exact) mass is 253 g/mol. The topological polar surface area (TPSA) is 59.2 Å². The van der Waals surface area contributed by atoms with Crippen LogP contribution in [0, 0.1) is 0 Å². The van der Waals surface area contributed by atoms with Gasteiger partial charge in [-0.2, -0.15) is 0 Å². The molecular formula is C15H15N3O. The van der Waals surface area contributed by atoms with E-state index in [2.05, 4.69) is 4.98 Å². The van der Waals surface area contributed by atoms with E-state index in [0.29, 0.717) is 13.0 Å². The number of nitrogens with two attached hydrogens (primary N) is 1. The molecule has 19 heavy (non-hydrogen) atoms. The number of amides is 1. The Kier molecular flexibility index (Phi) is 3.01. The minimum absolute atomic E-state index is 0.0687. The number of anilines is 1. The van der Waals surface area contributed by atoms with Crippen molar-refractivity contribution in [1.82, 2.24) is 4.98 Å². The van der Waals surface area contributed by atoms with E-state index >= 15 is 0 Å². The highest BCUT2D eigenvalue weighted by Crippen LogP contribution is 2.25. The zero-order valence-electron chi connectivity index (χ0n) is 10.5. The fourth-order valence-electron chi connectivity index (χ4n) is 2.34. The first kappa shape index (κ1) is 11.9. The van der Waals surface area contributed by atoms with E-state index < -0.39 is 0 Å². The van der Waals surface area contributed by atoms with Gasteiger partial charge in [-0.05, 0) is 12.1 Å². The molecule has 3 rings (SSSR count). The van der Waals surface area contributed by atoms with Crippen LogP contribution in [0.1, 0.15) is 6.42 Å². The van der Waals surface area contributed by atoms with Crippen molar-refractivity contribution in [2.24, 2.45) is 5.73 Å². The summed E-state index contributed by atoms with van der Waals surface area (Å²) >= 11 is 0. The van der Waals surface area contributed by atoms with Crippen molar-refractivity contribution >= 4 is 11.6 Å². The number of pyridine rings is 1. The van der Waals surface area contributed by atoms with Gasteiger partial charge in [0.2, 0.25) is 5.91 Å². The molecule has 2 N–H and O–H groups in total. The highest BCUT2D eigenvalue weighted by molar-refractivity contribution is 5.96. The molecule has 2 aromatic rings. The first-order valence-electron chi connectivity index (χ1n) is 6.31. The summed E-state index contributed by atoms with van der Waals surface area (Å²) in [7, 11) is 0. The van der Waals surface area contributed by atoms with Crippen LogP contribution in [0.3, 0.4) is 0 Å². The normalized spacial score (nSPS) is 18.9. The van der Waals surface area contributed by atoms with Crippen molar-refractivity contribution in [2.45, 2.75) is 12.5 Å². The molecule has 1 aromatic heterocycles. The van der Waals surface area contributed by atoms with E-state index in [4.69, 9.17) is 5.73 Å². The van der Waals surface area contributed by atoms with Gasteiger partial charge < -0.3 is 10.6 Å². The molecule has 0 radical (unpaired) electrons. The molecule has 0 aliphatic carbocycles. The SMILES string of the molecule is NC1CC(=O)N(c2ccnc(-c3ccccc3)c2)C1. The third kappa shape index (κ3) is 2.35. The van der Waals surface area contributed by atoms with Gasteiger partial charge >= 0.3 is 0 Å². The molecule has 1 aliphatic rings. The minimum atomic E-state index is -0.0687. The second kappa shape index (κ2) is 4.82. The molecule has 0 saturated carbocycles. The van der Waals surface area contributed by atoms with Gasteiger partial charge in [0.15, 0.2) is 0 Å². The van der Waals surface area contributed by atoms with Crippen LogP contribution in [0.25, 0.3) is 11.3 Å². The lowest BCUT2D eigenvalue weighted by Gasteiger charge is -2.16. The molecule has 1 aliphatic heterocycles. The first-order valence-corrected chi connectivity index (χ1v) is 6.31.